The van der Waals surface area contributed by atoms with Crippen LogP contribution in [0.4, 0.5) is 5.69 Å². The molecule has 6 heteroatoms. The van der Waals surface area contributed by atoms with Crippen molar-refractivity contribution in [1.82, 2.24) is 0 Å². The second-order valence-electron chi connectivity index (χ2n) is 4.47. The molecule has 0 spiro atoms. The summed E-state index contributed by atoms with van der Waals surface area (Å²) in [7, 11) is 2.09. The van der Waals surface area contributed by atoms with E-state index in [4.69, 9.17) is 10.9 Å². The molecule has 1 atom stereocenters. The fourth-order valence-corrected chi connectivity index (χ4v) is 4.21. The Kier molecular flexibility index (Phi) is 4.87. The minimum absolute atomic E-state index is 0.178. The topological polar surface area (TPSA) is 61.8 Å². The fraction of sp³-hybridized carbons (Fsp3) is 0.462. The summed E-state index contributed by atoms with van der Waals surface area (Å²) in [6.07, 6.45) is 3.18. The third-order valence-corrected chi connectivity index (χ3v) is 5.35. The summed E-state index contributed by atoms with van der Waals surface area (Å²) in [5.74, 6) is 2.52. The van der Waals surface area contributed by atoms with Gasteiger partial charge in [-0.15, -0.1) is 11.8 Å². The van der Waals surface area contributed by atoms with E-state index in [0.29, 0.717) is 6.04 Å². The Morgan fingerprint density at radius 2 is 2.37 bits per heavy atom. The molecular weight excluding hydrogens is 278 g/mol. The molecule has 19 heavy (non-hydrogen) atoms. The SMILES string of the molecule is CSc1cccc(N(C)C2CCSC2)c1/C(N)=N/O. The van der Waals surface area contributed by atoms with Gasteiger partial charge < -0.3 is 15.8 Å². The number of nitrogens with zero attached hydrogens (tertiary/aromatic N) is 2. The second-order valence-corrected chi connectivity index (χ2v) is 6.47. The van der Waals surface area contributed by atoms with Crippen LogP contribution < -0.4 is 10.6 Å². The van der Waals surface area contributed by atoms with Crippen LogP contribution in [0, 0.1) is 0 Å². The van der Waals surface area contributed by atoms with Crippen LogP contribution in [-0.2, 0) is 0 Å². The van der Waals surface area contributed by atoms with E-state index >= 15 is 0 Å². The van der Waals surface area contributed by atoms with E-state index in [1.54, 1.807) is 11.8 Å². The Morgan fingerprint density at radius 3 is 2.95 bits per heavy atom. The summed E-state index contributed by atoms with van der Waals surface area (Å²) in [6, 6.07) is 6.58. The maximum Gasteiger partial charge on any atom is 0.173 e. The molecule has 1 heterocycles. The normalized spacial score (nSPS) is 19.7. The van der Waals surface area contributed by atoms with Crippen LogP contribution in [0.1, 0.15) is 12.0 Å². The van der Waals surface area contributed by atoms with Crippen LogP contribution in [0.15, 0.2) is 28.3 Å². The summed E-state index contributed by atoms with van der Waals surface area (Å²) in [6.45, 7) is 0. The predicted octanol–water partition coefficient (Wildman–Crippen LogP) is 2.44. The lowest BCUT2D eigenvalue weighted by molar-refractivity contribution is 0.318. The van der Waals surface area contributed by atoms with Crippen molar-refractivity contribution in [3.63, 3.8) is 0 Å². The molecule has 1 fully saturated rings. The van der Waals surface area contributed by atoms with Crippen molar-refractivity contribution in [2.75, 3.05) is 29.7 Å². The van der Waals surface area contributed by atoms with E-state index < -0.39 is 0 Å². The number of hydrogen-bond donors (Lipinski definition) is 2. The molecule has 1 saturated heterocycles. The third-order valence-electron chi connectivity index (χ3n) is 3.42. The number of hydrogen-bond acceptors (Lipinski definition) is 5. The molecule has 0 radical (unpaired) electrons. The monoisotopic (exact) mass is 297 g/mol. The minimum Gasteiger partial charge on any atom is -0.409 e. The van der Waals surface area contributed by atoms with E-state index in [-0.39, 0.29) is 5.84 Å². The molecule has 1 unspecified atom stereocenters. The van der Waals surface area contributed by atoms with E-state index in [9.17, 15) is 0 Å². The highest BCUT2D eigenvalue weighted by molar-refractivity contribution is 7.99. The lowest BCUT2D eigenvalue weighted by Crippen LogP contribution is -2.33. The van der Waals surface area contributed by atoms with Gasteiger partial charge in [-0.3, -0.25) is 0 Å². The van der Waals surface area contributed by atoms with Gasteiger partial charge in [-0.1, -0.05) is 11.2 Å². The zero-order chi connectivity index (χ0) is 13.8. The summed E-state index contributed by atoms with van der Waals surface area (Å²) in [4.78, 5) is 3.29. The van der Waals surface area contributed by atoms with Crippen molar-refractivity contribution in [1.29, 1.82) is 0 Å². The Bertz CT molecular complexity index is 473. The second kappa shape index (κ2) is 6.43. The standard InChI is InChI=1S/C13H19N3OS2/c1-16(9-6-7-19-8-9)10-4-3-5-11(18-2)12(10)13(14)15-17/h3-5,9,17H,6-8H2,1-2H3,(H2,14,15). The average molecular weight is 297 g/mol. The Balaban J connectivity index is 2.43. The van der Waals surface area contributed by atoms with Crippen molar-refractivity contribution < 1.29 is 5.21 Å². The van der Waals surface area contributed by atoms with Crippen LogP contribution in [-0.4, -0.2) is 41.9 Å². The third kappa shape index (κ3) is 2.95. The fourth-order valence-electron chi connectivity index (χ4n) is 2.32. The van der Waals surface area contributed by atoms with Gasteiger partial charge >= 0.3 is 0 Å². The van der Waals surface area contributed by atoms with Crippen LogP contribution in [0.3, 0.4) is 0 Å². The van der Waals surface area contributed by atoms with Crippen molar-refractivity contribution in [3.05, 3.63) is 23.8 Å². The maximum atomic E-state index is 9.01. The maximum absolute atomic E-state index is 9.01. The largest absolute Gasteiger partial charge is 0.409 e. The lowest BCUT2D eigenvalue weighted by atomic mass is 10.1. The number of thioether (sulfide) groups is 2. The van der Waals surface area contributed by atoms with Gasteiger partial charge in [-0.2, -0.15) is 11.8 Å². The van der Waals surface area contributed by atoms with E-state index in [1.807, 2.05) is 36.2 Å². The molecule has 1 aliphatic heterocycles. The van der Waals surface area contributed by atoms with Gasteiger partial charge in [0.15, 0.2) is 5.84 Å². The molecular formula is C13H19N3OS2. The highest BCUT2D eigenvalue weighted by Gasteiger charge is 2.24. The molecule has 2 rings (SSSR count). The first-order valence-corrected chi connectivity index (χ1v) is 8.52. The van der Waals surface area contributed by atoms with Gasteiger partial charge in [-0.25, -0.2) is 0 Å². The number of amidine groups is 1. The van der Waals surface area contributed by atoms with Gasteiger partial charge in [0.1, 0.15) is 0 Å². The highest BCUT2D eigenvalue weighted by Crippen LogP contribution is 2.32. The summed E-state index contributed by atoms with van der Waals surface area (Å²) in [5.41, 5.74) is 7.73. The molecule has 0 amide bonds. The van der Waals surface area contributed by atoms with E-state index in [0.717, 1.165) is 21.9 Å². The zero-order valence-corrected chi connectivity index (χ0v) is 12.8. The Hall–Kier alpha value is -1.01. The smallest absolute Gasteiger partial charge is 0.173 e. The number of rotatable bonds is 4. The van der Waals surface area contributed by atoms with Crippen LogP contribution in [0.5, 0.6) is 0 Å². The van der Waals surface area contributed by atoms with Crippen LogP contribution >= 0.6 is 23.5 Å². The quantitative estimate of drug-likeness (QED) is 0.294. The minimum atomic E-state index is 0.178. The number of anilines is 1. The zero-order valence-electron chi connectivity index (χ0n) is 11.2. The van der Waals surface area contributed by atoms with Gasteiger partial charge in [0.25, 0.3) is 0 Å². The summed E-state index contributed by atoms with van der Waals surface area (Å²) >= 11 is 3.59. The van der Waals surface area contributed by atoms with Gasteiger partial charge in [0.05, 0.1) is 5.56 Å². The van der Waals surface area contributed by atoms with E-state index in [2.05, 4.69) is 17.1 Å². The van der Waals surface area contributed by atoms with Crippen molar-refractivity contribution in [2.24, 2.45) is 10.9 Å². The Labute approximate surface area is 122 Å². The van der Waals surface area contributed by atoms with Crippen molar-refractivity contribution in [3.8, 4) is 0 Å². The molecule has 1 aromatic carbocycles. The molecule has 1 aliphatic rings. The van der Waals surface area contributed by atoms with Crippen LogP contribution in [0.2, 0.25) is 0 Å². The lowest BCUT2D eigenvalue weighted by Gasteiger charge is -2.28. The molecule has 0 saturated carbocycles. The first-order chi connectivity index (χ1) is 9.19. The molecule has 104 valence electrons. The molecule has 0 aliphatic carbocycles. The van der Waals surface area contributed by atoms with E-state index in [1.165, 1.54) is 12.2 Å². The first kappa shape index (κ1) is 14.4. The van der Waals surface area contributed by atoms with Gasteiger partial charge in [0, 0.05) is 29.4 Å². The van der Waals surface area contributed by atoms with Crippen molar-refractivity contribution in [2.45, 2.75) is 17.4 Å². The summed E-state index contributed by atoms with van der Waals surface area (Å²) < 4.78 is 0. The number of benzene rings is 1. The molecule has 0 aromatic heterocycles. The number of oxime groups is 1. The molecule has 1 aromatic rings. The van der Waals surface area contributed by atoms with Gasteiger partial charge in [0.2, 0.25) is 0 Å². The molecule has 0 bridgehead atoms. The van der Waals surface area contributed by atoms with Crippen LogP contribution in [0.25, 0.3) is 0 Å². The molecule has 4 nitrogen and oxygen atoms in total. The highest BCUT2D eigenvalue weighted by atomic mass is 32.2. The Morgan fingerprint density at radius 1 is 1.58 bits per heavy atom. The molecule has 3 N–H and O–H groups in total. The average Bonchev–Trinajstić information content (AvgIpc) is 2.98. The number of nitrogens with two attached hydrogens (primary N) is 1. The first-order valence-electron chi connectivity index (χ1n) is 6.14. The van der Waals surface area contributed by atoms with Crippen molar-refractivity contribution >= 4 is 35.0 Å². The predicted molar refractivity (Wildman–Crippen MR) is 84.9 cm³/mol. The summed E-state index contributed by atoms with van der Waals surface area (Å²) in [5, 5.41) is 12.2. The van der Waals surface area contributed by atoms with Gasteiger partial charge in [-0.05, 0) is 30.6 Å².